The van der Waals surface area contributed by atoms with Crippen molar-refractivity contribution in [3.8, 4) is 0 Å². The van der Waals surface area contributed by atoms with Gasteiger partial charge in [0.2, 0.25) is 0 Å². The fraction of sp³-hybridized carbons (Fsp3) is 0.833. The van der Waals surface area contributed by atoms with Crippen molar-refractivity contribution in [2.45, 2.75) is 50.9 Å². The van der Waals surface area contributed by atoms with Gasteiger partial charge in [-0.1, -0.05) is 19.3 Å². The molecular weight excluding hydrogens is 218 g/mol. The molecule has 1 N–H and O–H groups in total. The molecule has 1 saturated carbocycles. The van der Waals surface area contributed by atoms with Crippen molar-refractivity contribution in [2.75, 3.05) is 13.6 Å². The summed E-state index contributed by atoms with van der Waals surface area (Å²) in [6, 6.07) is 0. The molecule has 4 heteroatoms. The highest BCUT2D eigenvalue weighted by Gasteiger charge is 2.19. The van der Waals surface area contributed by atoms with Crippen molar-refractivity contribution in [1.29, 1.82) is 0 Å². The summed E-state index contributed by atoms with van der Waals surface area (Å²) < 4.78 is 0. The van der Waals surface area contributed by atoms with Gasteiger partial charge in [-0.25, -0.2) is 0 Å². The first-order valence-corrected chi connectivity index (χ1v) is 7.18. The molecule has 1 aromatic rings. The van der Waals surface area contributed by atoms with E-state index in [1.807, 2.05) is 18.4 Å². The van der Waals surface area contributed by atoms with E-state index in [-0.39, 0.29) is 0 Å². The zero-order chi connectivity index (χ0) is 11.2. The Kier molecular flexibility index (Phi) is 4.72. The molecule has 90 valence electrons. The highest BCUT2D eigenvalue weighted by atomic mass is 32.1. The third kappa shape index (κ3) is 3.25. The molecule has 1 aromatic heterocycles. The van der Waals surface area contributed by atoms with Crippen LogP contribution in [0, 0.1) is 0 Å². The third-order valence-corrected chi connectivity index (χ3v) is 4.40. The minimum absolute atomic E-state index is 0.712. The topological polar surface area (TPSA) is 37.8 Å². The number of aromatic nitrogens is 2. The zero-order valence-corrected chi connectivity index (χ0v) is 10.9. The Balaban J connectivity index is 1.85. The van der Waals surface area contributed by atoms with Crippen LogP contribution in [-0.4, -0.2) is 23.8 Å². The van der Waals surface area contributed by atoms with Crippen LogP contribution in [0.15, 0.2) is 0 Å². The molecule has 2 rings (SSSR count). The number of nitrogens with zero attached hydrogens (tertiary/aromatic N) is 2. The summed E-state index contributed by atoms with van der Waals surface area (Å²) in [6.07, 6.45) is 9.04. The molecule has 3 nitrogen and oxygen atoms in total. The van der Waals surface area contributed by atoms with Gasteiger partial charge in [-0.05, 0) is 32.9 Å². The molecule has 0 saturated heterocycles. The average molecular weight is 239 g/mol. The Morgan fingerprint density at radius 2 is 2.06 bits per heavy atom. The molecule has 1 fully saturated rings. The number of hydrogen-bond acceptors (Lipinski definition) is 4. The first-order chi connectivity index (χ1) is 7.90. The van der Waals surface area contributed by atoms with Gasteiger partial charge in [0.05, 0.1) is 0 Å². The second-order valence-corrected chi connectivity index (χ2v) is 5.67. The number of aryl methyl sites for hydroxylation is 1. The molecule has 16 heavy (non-hydrogen) atoms. The first kappa shape index (κ1) is 12.0. The minimum atomic E-state index is 0.712. The summed E-state index contributed by atoms with van der Waals surface area (Å²) in [7, 11) is 1.99. The van der Waals surface area contributed by atoms with Crippen molar-refractivity contribution in [2.24, 2.45) is 0 Å². The average Bonchev–Trinajstić information content (AvgIpc) is 2.79. The monoisotopic (exact) mass is 239 g/mol. The van der Waals surface area contributed by atoms with Crippen molar-refractivity contribution >= 4 is 11.3 Å². The van der Waals surface area contributed by atoms with Crippen LogP contribution < -0.4 is 5.32 Å². The van der Waals surface area contributed by atoms with Crippen LogP contribution in [0.2, 0.25) is 0 Å². The predicted octanol–water partition coefficient (Wildman–Crippen LogP) is 2.74. The highest BCUT2D eigenvalue weighted by Crippen LogP contribution is 2.34. The van der Waals surface area contributed by atoms with Crippen LogP contribution in [0.25, 0.3) is 0 Å². The maximum atomic E-state index is 4.37. The molecule has 0 amide bonds. The van der Waals surface area contributed by atoms with Crippen LogP contribution >= 0.6 is 11.3 Å². The molecule has 0 atom stereocenters. The van der Waals surface area contributed by atoms with Gasteiger partial charge in [0, 0.05) is 12.3 Å². The lowest BCUT2D eigenvalue weighted by Crippen LogP contribution is -2.08. The van der Waals surface area contributed by atoms with Crippen LogP contribution in [0.4, 0.5) is 0 Å². The number of hydrogen-bond donors (Lipinski definition) is 1. The maximum absolute atomic E-state index is 4.37. The van der Waals surface area contributed by atoms with Gasteiger partial charge in [-0.15, -0.1) is 21.5 Å². The summed E-state index contributed by atoms with van der Waals surface area (Å²) >= 11 is 1.84. The number of nitrogens with one attached hydrogen (secondary N) is 1. The van der Waals surface area contributed by atoms with E-state index in [2.05, 4.69) is 15.5 Å². The molecule has 1 aliphatic carbocycles. The quantitative estimate of drug-likeness (QED) is 0.803. The Morgan fingerprint density at radius 1 is 1.25 bits per heavy atom. The van der Waals surface area contributed by atoms with Crippen molar-refractivity contribution in [1.82, 2.24) is 15.5 Å². The van der Waals surface area contributed by atoms with E-state index in [1.54, 1.807) is 0 Å². The Labute approximate surface area is 102 Å². The summed E-state index contributed by atoms with van der Waals surface area (Å²) in [5.41, 5.74) is 0. The highest BCUT2D eigenvalue weighted by molar-refractivity contribution is 7.11. The van der Waals surface area contributed by atoms with E-state index in [9.17, 15) is 0 Å². The summed E-state index contributed by atoms with van der Waals surface area (Å²) in [6.45, 7) is 1.07. The zero-order valence-electron chi connectivity index (χ0n) is 10.0. The third-order valence-electron chi connectivity index (χ3n) is 3.25. The molecule has 1 heterocycles. The Morgan fingerprint density at radius 3 is 2.81 bits per heavy atom. The molecule has 0 spiro atoms. The summed E-state index contributed by atoms with van der Waals surface area (Å²) in [4.78, 5) is 0. The van der Waals surface area contributed by atoms with Crippen LogP contribution in [0.1, 0.15) is 54.5 Å². The van der Waals surface area contributed by atoms with Crippen molar-refractivity contribution in [3.05, 3.63) is 10.0 Å². The summed E-state index contributed by atoms with van der Waals surface area (Å²) in [5, 5.41) is 14.3. The Hall–Kier alpha value is -0.480. The fourth-order valence-corrected chi connectivity index (χ4v) is 3.35. The normalized spacial score (nSPS) is 17.8. The molecule has 0 aromatic carbocycles. The van der Waals surface area contributed by atoms with Gasteiger partial charge in [0.1, 0.15) is 10.0 Å². The standard InChI is InChI=1S/C12H21N3S/c1-13-9-5-8-11-14-15-12(16-11)10-6-3-2-4-7-10/h10,13H,2-9H2,1H3. The van der Waals surface area contributed by atoms with E-state index >= 15 is 0 Å². The lowest BCUT2D eigenvalue weighted by atomic mass is 9.90. The second kappa shape index (κ2) is 6.30. The molecule has 0 bridgehead atoms. The largest absolute Gasteiger partial charge is 0.320 e. The van der Waals surface area contributed by atoms with Gasteiger partial charge in [0.15, 0.2) is 0 Å². The van der Waals surface area contributed by atoms with E-state index in [1.165, 1.54) is 42.1 Å². The maximum Gasteiger partial charge on any atom is 0.120 e. The van der Waals surface area contributed by atoms with Crippen molar-refractivity contribution < 1.29 is 0 Å². The molecule has 0 aliphatic heterocycles. The molecule has 0 unspecified atom stereocenters. The number of rotatable bonds is 5. The fourth-order valence-electron chi connectivity index (χ4n) is 2.30. The van der Waals surface area contributed by atoms with E-state index in [0.29, 0.717) is 5.92 Å². The predicted molar refractivity (Wildman–Crippen MR) is 68.0 cm³/mol. The molecular formula is C12H21N3S. The molecule has 0 radical (unpaired) electrons. The van der Waals surface area contributed by atoms with E-state index in [4.69, 9.17) is 0 Å². The lowest BCUT2D eigenvalue weighted by Gasteiger charge is -2.18. The SMILES string of the molecule is CNCCCc1nnc(C2CCCCC2)s1. The van der Waals surface area contributed by atoms with E-state index < -0.39 is 0 Å². The van der Waals surface area contributed by atoms with Gasteiger partial charge in [-0.2, -0.15) is 0 Å². The van der Waals surface area contributed by atoms with Crippen molar-refractivity contribution in [3.63, 3.8) is 0 Å². The smallest absolute Gasteiger partial charge is 0.120 e. The second-order valence-electron chi connectivity index (χ2n) is 4.58. The first-order valence-electron chi connectivity index (χ1n) is 6.37. The molecule has 1 aliphatic rings. The summed E-state index contributed by atoms with van der Waals surface area (Å²) in [5.74, 6) is 0.712. The van der Waals surface area contributed by atoms with Crippen LogP contribution in [0.5, 0.6) is 0 Å². The van der Waals surface area contributed by atoms with E-state index in [0.717, 1.165) is 19.4 Å². The van der Waals surface area contributed by atoms with Gasteiger partial charge < -0.3 is 5.32 Å². The minimum Gasteiger partial charge on any atom is -0.320 e. The van der Waals surface area contributed by atoms with Gasteiger partial charge in [-0.3, -0.25) is 0 Å². The van der Waals surface area contributed by atoms with Crippen LogP contribution in [-0.2, 0) is 6.42 Å². The van der Waals surface area contributed by atoms with Crippen LogP contribution in [0.3, 0.4) is 0 Å². The Bertz CT molecular complexity index is 305. The van der Waals surface area contributed by atoms with Gasteiger partial charge in [0.25, 0.3) is 0 Å². The lowest BCUT2D eigenvalue weighted by molar-refractivity contribution is 0.440. The van der Waals surface area contributed by atoms with Gasteiger partial charge >= 0.3 is 0 Å².